The molecule has 4 heteroatoms. The highest BCUT2D eigenvalue weighted by molar-refractivity contribution is 5.96. The van der Waals surface area contributed by atoms with E-state index in [0.717, 1.165) is 10.9 Å². The Labute approximate surface area is 147 Å². The van der Waals surface area contributed by atoms with E-state index in [1.807, 2.05) is 22.8 Å². The first kappa shape index (κ1) is 16.8. The molecule has 0 spiro atoms. The zero-order valence-electron chi connectivity index (χ0n) is 14.9. The molecule has 2 aromatic carbocycles. The molecular formula is C21H20N2O2. The number of hydrogen-bond acceptors (Lipinski definition) is 3. The number of ether oxygens (including phenoxy) is 1. The van der Waals surface area contributed by atoms with Crippen LogP contribution >= 0.6 is 0 Å². The van der Waals surface area contributed by atoms with E-state index in [4.69, 9.17) is 4.74 Å². The second kappa shape index (κ2) is 6.45. The van der Waals surface area contributed by atoms with Crippen LogP contribution in [0.4, 0.5) is 0 Å². The standard InChI is InChI=1S/C21H20N2O2/c1-13-7-14(2)18(15(3)8-13)12-23-19-9-16(11-22)5-6-17(19)10-20(23)21(24)25-4/h5-10H,12H2,1-4H3. The van der Waals surface area contributed by atoms with Crippen molar-refractivity contribution in [2.75, 3.05) is 7.11 Å². The number of carbonyl (C=O) groups is 1. The summed E-state index contributed by atoms with van der Waals surface area (Å²) in [7, 11) is 1.38. The molecule has 3 rings (SSSR count). The van der Waals surface area contributed by atoms with Gasteiger partial charge in [-0.15, -0.1) is 0 Å². The molecule has 0 radical (unpaired) electrons. The average Bonchev–Trinajstić information content (AvgIpc) is 2.94. The van der Waals surface area contributed by atoms with Gasteiger partial charge in [-0.3, -0.25) is 0 Å². The minimum atomic E-state index is -0.378. The van der Waals surface area contributed by atoms with Gasteiger partial charge in [0.1, 0.15) is 5.69 Å². The third kappa shape index (κ3) is 3.01. The average molecular weight is 332 g/mol. The number of rotatable bonds is 3. The number of carbonyl (C=O) groups excluding carboxylic acids is 1. The lowest BCUT2D eigenvalue weighted by Crippen LogP contribution is -2.13. The van der Waals surface area contributed by atoms with Crippen LogP contribution in [0.3, 0.4) is 0 Å². The minimum Gasteiger partial charge on any atom is -0.464 e. The van der Waals surface area contributed by atoms with E-state index in [-0.39, 0.29) is 5.97 Å². The first-order chi connectivity index (χ1) is 11.9. The topological polar surface area (TPSA) is 55.0 Å². The number of fused-ring (bicyclic) bond motifs is 1. The van der Waals surface area contributed by atoms with Crippen molar-refractivity contribution in [2.24, 2.45) is 0 Å². The molecule has 0 aliphatic heterocycles. The number of aromatic nitrogens is 1. The molecule has 4 nitrogen and oxygen atoms in total. The third-order valence-corrected chi connectivity index (χ3v) is 4.58. The smallest absolute Gasteiger partial charge is 0.354 e. The normalized spacial score (nSPS) is 10.7. The van der Waals surface area contributed by atoms with Gasteiger partial charge in [-0.1, -0.05) is 23.8 Å². The second-order valence-electron chi connectivity index (χ2n) is 6.37. The molecule has 0 N–H and O–H groups in total. The Morgan fingerprint density at radius 1 is 1.12 bits per heavy atom. The summed E-state index contributed by atoms with van der Waals surface area (Å²) in [5.74, 6) is -0.378. The van der Waals surface area contributed by atoms with Gasteiger partial charge in [-0.2, -0.15) is 5.26 Å². The maximum absolute atomic E-state index is 12.3. The van der Waals surface area contributed by atoms with Gasteiger partial charge in [0, 0.05) is 11.9 Å². The molecule has 0 amide bonds. The van der Waals surface area contributed by atoms with Crippen LogP contribution in [0.15, 0.2) is 36.4 Å². The van der Waals surface area contributed by atoms with Gasteiger partial charge >= 0.3 is 5.97 Å². The van der Waals surface area contributed by atoms with Crippen LogP contribution in [0.5, 0.6) is 0 Å². The molecular weight excluding hydrogens is 312 g/mol. The molecule has 0 saturated heterocycles. The van der Waals surface area contributed by atoms with Crippen molar-refractivity contribution in [1.29, 1.82) is 5.26 Å². The zero-order valence-corrected chi connectivity index (χ0v) is 14.9. The van der Waals surface area contributed by atoms with E-state index in [2.05, 4.69) is 39.0 Å². The van der Waals surface area contributed by atoms with Crippen molar-refractivity contribution < 1.29 is 9.53 Å². The quantitative estimate of drug-likeness (QED) is 0.673. The van der Waals surface area contributed by atoms with Crippen molar-refractivity contribution in [2.45, 2.75) is 27.3 Å². The lowest BCUT2D eigenvalue weighted by molar-refractivity contribution is 0.0589. The highest BCUT2D eigenvalue weighted by Crippen LogP contribution is 2.26. The van der Waals surface area contributed by atoms with Crippen LogP contribution in [-0.4, -0.2) is 17.6 Å². The molecule has 3 aromatic rings. The number of hydrogen-bond donors (Lipinski definition) is 0. The van der Waals surface area contributed by atoms with E-state index in [0.29, 0.717) is 17.8 Å². The van der Waals surface area contributed by atoms with Gasteiger partial charge in [0.2, 0.25) is 0 Å². The van der Waals surface area contributed by atoms with Gasteiger partial charge in [0.25, 0.3) is 0 Å². The molecule has 0 bridgehead atoms. The highest BCUT2D eigenvalue weighted by atomic mass is 16.5. The summed E-state index contributed by atoms with van der Waals surface area (Å²) < 4.78 is 6.89. The van der Waals surface area contributed by atoms with Crippen molar-refractivity contribution in [3.8, 4) is 6.07 Å². The number of aryl methyl sites for hydroxylation is 3. The Kier molecular flexibility index (Phi) is 4.33. The van der Waals surface area contributed by atoms with E-state index >= 15 is 0 Å². The molecule has 25 heavy (non-hydrogen) atoms. The molecule has 1 heterocycles. The monoisotopic (exact) mass is 332 g/mol. The van der Waals surface area contributed by atoms with Crippen molar-refractivity contribution in [3.63, 3.8) is 0 Å². The minimum absolute atomic E-state index is 0.378. The number of methoxy groups -OCH3 is 1. The third-order valence-electron chi connectivity index (χ3n) is 4.58. The van der Waals surface area contributed by atoms with E-state index in [1.54, 1.807) is 6.07 Å². The van der Waals surface area contributed by atoms with Crippen LogP contribution in [0, 0.1) is 32.1 Å². The zero-order chi connectivity index (χ0) is 18.1. The molecule has 0 aliphatic rings. The van der Waals surface area contributed by atoms with Gasteiger partial charge in [0.05, 0.1) is 24.3 Å². The summed E-state index contributed by atoms with van der Waals surface area (Å²) >= 11 is 0. The van der Waals surface area contributed by atoms with Gasteiger partial charge < -0.3 is 9.30 Å². The van der Waals surface area contributed by atoms with E-state index < -0.39 is 0 Å². The molecule has 0 aliphatic carbocycles. The maximum atomic E-state index is 12.3. The fourth-order valence-corrected chi connectivity index (χ4v) is 3.39. The second-order valence-corrected chi connectivity index (χ2v) is 6.37. The molecule has 0 fully saturated rings. The van der Waals surface area contributed by atoms with Gasteiger partial charge in [-0.05, 0) is 55.7 Å². The maximum Gasteiger partial charge on any atom is 0.354 e. The van der Waals surface area contributed by atoms with E-state index in [1.165, 1.54) is 29.4 Å². The van der Waals surface area contributed by atoms with Crippen molar-refractivity contribution in [1.82, 2.24) is 4.57 Å². The van der Waals surface area contributed by atoms with E-state index in [9.17, 15) is 10.1 Å². The Morgan fingerprint density at radius 2 is 1.80 bits per heavy atom. The van der Waals surface area contributed by atoms with Crippen molar-refractivity contribution in [3.05, 3.63) is 69.9 Å². The highest BCUT2D eigenvalue weighted by Gasteiger charge is 2.18. The summed E-state index contributed by atoms with van der Waals surface area (Å²) in [5.41, 5.74) is 6.69. The fraction of sp³-hybridized carbons (Fsp3) is 0.238. The Hall–Kier alpha value is -3.06. The molecule has 0 saturated carbocycles. The number of benzene rings is 2. The Morgan fingerprint density at radius 3 is 2.40 bits per heavy atom. The Bertz CT molecular complexity index is 999. The number of nitriles is 1. The van der Waals surface area contributed by atoms with Crippen LogP contribution in [0.2, 0.25) is 0 Å². The van der Waals surface area contributed by atoms with Crippen LogP contribution in [0.25, 0.3) is 10.9 Å². The molecule has 0 atom stereocenters. The summed E-state index contributed by atoms with van der Waals surface area (Å²) in [6.07, 6.45) is 0. The fourth-order valence-electron chi connectivity index (χ4n) is 3.39. The predicted molar refractivity (Wildman–Crippen MR) is 97.7 cm³/mol. The summed E-state index contributed by atoms with van der Waals surface area (Å²) in [6, 6.07) is 13.7. The summed E-state index contributed by atoms with van der Waals surface area (Å²) in [6.45, 7) is 6.80. The predicted octanol–water partition coefficient (Wildman–Crippen LogP) is 4.27. The summed E-state index contributed by atoms with van der Waals surface area (Å²) in [4.78, 5) is 12.3. The molecule has 126 valence electrons. The first-order valence-electron chi connectivity index (χ1n) is 8.13. The molecule has 1 aromatic heterocycles. The lowest BCUT2D eigenvalue weighted by Gasteiger charge is -2.15. The summed E-state index contributed by atoms with van der Waals surface area (Å²) in [5, 5.41) is 10.1. The van der Waals surface area contributed by atoms with Crippen LogP contribution < -0.4 is 0 Å². The van der Waals surface area contributed by atoms with Crippen molar-refractivity contribution >= 4 is 16.9 Å². The number of nitrogens with zero attached hydrogens (tertiary/aromatic N) is 2. The van der Waals surface area contributed by atoms with Crippen LogP contribution in [-0.2, 0) is 11.3 Å². The lowest BCUT2D eigenvalue weighted by atomic mass is 9.99. The molecule has 0 unspecified atom stereocenters. The number of esters is 1. The SMILES string of the molecule is COC(=O)c1cc2ccc(C#N)cc2n1Cc1c(C)cc(C)cc1C. The first-order valence-corrected chi connectivity index (χ1v) is 8.13. The van der Waals surface area contributed by atoms with Gasteiger partial charge in [-0.25, -0.2) is 4.79 Å². The van der Waals surface area contributed by atoms with Crippen LogP contribution in [0.1, 0.15) is 38.3 Å². The Balaban J connectivity index is 2.23. The largest absolute Gasteiger partial charge is 0.464 e. The van der Waals surface area contributed by atoms with Gasteiger partial charge in [0.15, 0.2) is 0 Å².